The van der Waals surface area contributed by atoms with Crippen LogP contribution >= 0.6 is 0 Å². The van der Waals surface area contributed by atoms with Crippen LogP contribution in [-0.2, 0) is 4.79 Å². The summed E-state index contributed by atoms with van der Waals surface area (Å²) in [5, 5.41) is 0. The third kappa shape index (κ3) is 3.70. The third-order valence-electron chi connectivity index (χ3n) is 3.03. The minimum Gasteiger partial charge on any atom is -0.293 e. The molecule has 0 atom stereocenters. The van der Waals surface area contributed by atoms with Gasteiger partial charge in [0.1, 0.15) is 5.69 Å². The number of aryl methyl sites for hydroxylation is 1. The highest BCUT2D eigenvalue weighted by molar-refractivity contribution is 5.92. The fraction of sp³-hybridized carbons (Fsp3) is 0.0625. The number of carbonyl (C=O) groups excluding carboxylic acids is 1. The fourth-order valence-corrected chi connectivity index (χ4v) is 1.73. The van der Waals surface area contributed by atoms with Crippen LogP contribution in [0.4, 0.5) is 27.6 Å². The van der Waals surface area contributed by atoms with E-state index in [1.807, 2.05) is 24.5 Å². The average Bonchev–Trinajstić information content (AvgIpc) is 2.57. The number of carbonyl (C=O) groups is 1. The van der Waals surface area contributed by atoms with Gasteiger partial charge in [0.15, 0.2) is 23.3 Å². The van der Waals surface area contributed by atoms with Gasteiger partial charge in [-0.3, -0.25) is 15.6 Å². The number of halogens is 5. The van der Waals surface area contributed by atoms with Crippen LogP contribution in [0.15, 0.2) is 30.3 Å². The number of rotatable bonds is 4. The summed E-state index contributed by atoms with van der Waals surface area (Å²) in [5.74, 6) is -11.5. The minimum absolute atomic E-state index is 0.687. The van der Waals surface area contributed by atoms with Gasteiger partial charge in [0, 0.05) is 6.08 Å². The van der Waals surface area contributed by atoms with Crippen molar-refractivity contribution in [3.8, 4) is 0 Å². The van der Waals surface area contributed by atoms with Gasteiger partial charge in [0.05, 0.1) is 0 Å². The van der Waals surface area contributed by atoms with Gasteiger partial charge < -0.3 is 0 Å². The van der Waals surface area contributed by atoms with Crippen molar-refractivity contribution in [1.29, 1.82) is 0 Å². The van der Waals surface area contributed by atoms with Gasteiger partial charge in [-0.1, -0.05) is 29.8 Å². The van der Waals surface area contributed by atoms with Crippen molar-refractivity contribution in [2.45, 2.75) is 6.92 Å². The van der Waals surface area contributed by atoms with E-state index in [2.05, 4.69) is 0 Å². The van der Waals surface area contributed by atoms with Gasteiger partial charge in [-0.15, -0.1) is 0 Å². The second kappa shape index (κ2) is 7.12. The van der Waals surface area contributed by atoms with Crippen LogP contribution in [-0.4, -0.2) is 5.91 Å². The zero-order valence-electron chi connectivity index (χ0n) is 12.3. The lowest BCUT2D eigenvalue weighted by atomic mass is 10.1. The van der Waals surface area contributed by atoms with E-state index in [0.29, 0.717) is 5.56 Å². The largest absolute Gasteiger partial charge is 0.293 e. The van der Waals surface area contributed by atoms with Gasteiger partial charge in [0.2, 0.25) is 5.82 Å². The van der Waals surface area contributed by atoms with Crippen molar-refractivity contribution in [2.75, 3.05) is 5.43 Å². The maximum absolute atomic E-state index is 13.4. The Hall–Kier alpha value is -2.90. The molecule has 2 aromatic rings. The Morgan fingerprint density at radius 2 is 1.38 bits per heavy atom. The van der Waals surface area contributed by atoms with Crippen LogP contribution in [0.3, 0.4) is 0 Å². The number of hydrogen-bond donors (Lipinski definition) is 2. The van der Waals surface area contributed by atoms with Gasteiger partial charge in [0.25, 0.3) is 5.91 Å². The highest BCUT2D eigenvalue weighted by atomic mass is 19.2. The van der Waals surface area contributed by atoms with Crippen LogP contribution in [0.1, 0.15) is 11.1 Å². The molecular weight excluding hydrogens is 331 g/mol. The second-order valence-electron chi connectivity index (χ2n) is 4.80. The Balaban J connectivity index is 2.08. The van der Waals surface area contributed by atoms with E-state index in [4.69, 9.17) is 0 Å². The molecule has 0 spiro atoms. The van der Waals surface area contributed by atoms with Crippen LogP contribution in [0.25, 0.3) is 6.08 Å². The molecule has 0 fully saturated rings. The lowest BCUT2D eigenvalue weighted by molar-refractivity contribution is -0.116. The van der Waals surface area contributed by atoms with Crippen LogP contribution < -0.4 is 10.9 Å². The van der Waals surface area contributed by atoms with Gasteiger partial charge in [-0.05, 0) is 18.6 Å². The van der Waals surface area contributed by atoms with E-state index in [1.165, 1.54) is 6.08 Å². The van der Waals surface area contributed by atoms with E-state index in [-0.39, 0.29) is 0 Å². The second-order valence-corrected chi connectivity index (χ2v) is 4.80. The summed E-state index contributed by atoms with van der Waals surface area (Å²) >= 11 is 0. The van der Waals surface area contributed by atoms with E-state index in [0.717, 1.165) is 11.6 Å². The summed E-state index contributed by atoms with van der Waals surface area (Å²) in [5.41, 5.74) is 3.87. The number of nitrogens with one attached hydrogen (secondary N) is 2. The van der Waals surface area contributed by atoms with E-state index in [1.54, 1.807) is 17.6 Å². The topological polar surface area (TPSA) is 41.1 Å². The van der Waals surface area contributed by atoms with E-state index < -0.39 is 40.7 Å². The molecule has 2 rings (SSSR count). The first kappa shape index (κ1) is 17.5. The van der Waals surface area contributed by atoms with Crippen molar-refractivity contribution in [3.05, 3.63) is 70.6 Å². The average molecular weight is 342 g/mol. The first-order valence-corrected chi connectivity index (χ1v) is 6.63. The Labute approximate surface area is 133 Å². The summed E-state index contributed by atoms with van der Waals surface area (Å²) in [7, 11) is 0. The molecule has 2 N–H and O–H groups in total. The van der Waals surface area contributed by atoms with Crippen LogP contribution in [0, 0.1) is 36.0 Å². The van der Waals surface area contributed by atoms with Gasteiger partial charge >= 0.3 is 0 Å². The maximum atomic E-state index is 13.4. The number of hydrazine groups is 1. The summed E-state index contributed by atoms with van der Waals surface area (Å²) < 4.78 is 65.7. The number of anilines is 1. The standard InChI is InChI=1S/C16H11F5N2O/c1-8-2-4-9(5-3-8)6-7-10(24)22-23-16-14(20)12(18)11(17)13(19)15(16)21/h2-7,23H,1H3,(H,22,24)/b7-6+. The van der Waals surface area contributed by atoms with E-state index in [9.17, 15) is 26.7 Å². The summed E-state index contributed by atoms with van der Waals surface area (Å²) in [6.45, 7) is 1.88. The molecule has 0 radical (unpaired) electrons. The molecule has 0 unspecified atom stereocenters. The van der Waals surface area contributed by atoms with Gasteiger partial charge in [-0.2, -0.15) is 0 Å². The molecule has 0 saturated carbocycles. The third-order valence-corrected chi connectivity index (χ3v) is 3.03. The number of hydrogen-bond acceptors (Lipinski definition) is 2. The van der Waals surface area contributed by atoms with E-state index >= 15 is 0 Å². The van der Waals surface area contributed by atoms with Crippen LogP contribution in [0.5, 0.6) is 0 Å². The Morgan fingerprint density at radius 3 is 1.92 bits per heavy atom. The van der Waals surface area contributed by atoms with Crippen molar-refractivity contribution in [3.63, 3.8) is 0 Å². The lowest BCUT2D eigenvalue weighted by Crippen LogP contribution is -2.29. The Kier molecular flexibility index (Phi) is 5.18. The summed E-state index contributed by atoms with van der Waals surface area (Å²) in [6, 6.07) is 7.09. The molecule has 0 aromatic heterocycles. The molecule has 0 aliphatic rings. The molecule has 0 heterocycles. The molecular formula is C16H11F5N2O. The van der Waals surface area contributed by atoms with Crippen molar-refractivity contribution in [1.82, 2.24) is 5.43 Å². The predicted octanol–water partition coefficient (Wildman–Crippen LogP) is 3.85. The molecule has 0 aliphatic heterocycles. The molecule has 0 aliphatic carbocycles. The first-order valence-electron chi connectivity index (χ1n) is 6.63. The number of amides is 1. The zero-order chi connectivity index (χ0) is 17.9. The van der Waals surface area contributed by atoms with Crippen LogP contribution in [0.2, 0.25) is 0 Å². The Morgan fingerprint density at radius 1 is 0.875 bits per heavy atom. The molecule has 24 heavy (non-hydrogen) atoms. The quantitative estimate of drug-likeness (QED) is 0.291. The molecule has 3 nitrogen and oxygen atoms in total. The SMILES string of the molecule is Cc1ccc(/C=C/C(=O)NNc2c(F)c(F)c(F)c(F)c2F)cc1. The predicted molar refractivity (Wildman–Crippen MR) is 78.2 cm³/mol. The maximum Gasteiger partial charge on any atom is 0.262 e. The normalized spacial score (nSPS) is 10.9. The summed E-state index contributed by atoms with van der Waals surface area (Å²) in [6.07, 6.45) is 2.44. The molecule has 126 valence electrons. The minimum atomic E-state index is -2.28. The van der Waals surface area contributed by atoms with Crippen molar-refractivity contribution >= 4 is 17.7 Å². The lowest BCUT2D eigenvalue weighted by Gasteiger charge is -2.10. The highest BCUT2D eigenvalue weighted by Crippen LogP contribution is 2.26. The molecule has 8 heteroatoms. The molecule has 0 saturated heterocycles. The van der Waals surface area contributed by atoms with Crippen molar-refractivity contribution in [2.24, 2.45) is 0 Å². The molecule has 2 aromatic carbocycles. The van der Waals surface area contributed by atoms with Crippen molar-refractivity contribution < 1.29 is 26.7 Å². The fourth-order valence-electron chi connectivity index (χ4n) is 1.73. The first-order chi connectivity index (χ1) is 11.3. The summed E-state index contributed by atoms with van der Waals surface area (Å²) in [4.78, 5) is 11.5. The number of benzene rings is 2. The molecule has 1 amide bonds. The Bertz CT molecular complexity index is 774. The zero-order valence-corrected chi connectivity index (χ0v) is 12.3. The molecule has 0 bridgehead atoms. The monoisotopic (exact) mass is 342 g/mol. The smallest absolute Gasteiger partial charge is 0.262 e. The highest BCUT2D eigenvalue weighted by Gasteiger charge is 2.25. The van der Waals surface area contributed by atoms with Gasteiger partial charge in [-0.25, -0.2) is 22.0 Å².